The van der Waals surface area contributed by atoms with E-state index in [4.69, 9.17) is 5.73 Å². The molecule has 0 heterocycles. The van der Waals surface area contributed by atoms with Gasteiger partial charge in [0.25, 0.3) is 0 Å². The summed E-state index contributed by atoms with van der Waals surface area (Å²) in [6.45, 7) is 2.49. The van der Waals surface area contributed by atoms with Gasteiger partial charge in [-0.05, 0) is 31.5 Å². The second-order valence-electron chi connectivity index (χ2n) is 4.92. The van der Waals surface area contributed by atoms with Crippen molar-refractivity contribution in [3.63, 3.8) is 0 Å². The van der Waals surface area contributed by atoms with Crippen LogP contribution >= 0.6 is 0 Å². The van der Waals surface area contributed by atoms with E-state index in [1.807, 2.05) is 0 Å². The minimum absolute atomic E-state index is 0.0477. The molecular weight excluding hydrogens is 284 g/mol. The third kappa shape index (κ3) is 6.15. The molecule has 0 bridgehead atoms. The van der Waals surface area contributed by atoms with Gasteiger partial charge in [-0.25, -0.2) is 4.39 Å². The van der Waals surface area contributed by atoms with Crippen molar-refractivity contribution in [1.82, 2.24) is 4.90 Å². The molecule has 116 valence electrons. The third-order valence-electron chi connectivity index (χ3n) is 2.88. The van der Waals surface area contributed by atoms with Crippen LogP contribution in [0.15, 0.2) is 18.2 Å². The van der Waals surface area contributed by atoms with E-state index in [0.717, 1.165) is 0 Å². The minimum Gasteiger partial charge on any atom is -0.320 e. The average Bonchev–Trinajstić information content (AvgIpc) is 2.36. The van der Waals surface area contributed by atoms with Gasteiger partial charge in [0.2, 0.25) is 0 Å². The van der Waals surface area contributed by atoms with Crippen molar-refractivity contribution in [2.75, 3.05) is 13.1 Å². The molecule has 0 atom stereocenters. The van der Waals surface area contributed by atoms with Gasteiger partial charge in [0.15, 0.2) is 0 Å². The van der Waals surface area contributed by atoms with Crippen molar-refractivity contribution in [2.45, 2.75) is 32.6 Å². The molecule has 0 aromatic heterocycles. The van der Waals surface area contributed by atoms with Crippen molar-refractivity contribution in [1.29, 1.82) is 0 Å². The number of hydrogen-bond acceptors (Lipinski definition) is 2. The molecule has 0 saturated carbocycles. The van der Waals surface area contributed by atoms with Crippen LogP contribution in [0.2, 0.25) is 0 Å². The van der Waals surface area contributed by atoms with Crippen molar-refractivity contribution in [2.24, 2.45) is 5.73 Å². The summed E-state index contributed by atoms with van der Waals surface area (Å²) in [5.41, 5.74) is 6.19. The fourth-order valence-electron chi connectivity index (χ4n) is 1.82. The molecule has 0 unspecified atom stereocenters. The molecule has 6 heteroatoms. The monoisotopic (exact) mass is 302 g/mol. The van der Waals surface area contributed by atoms with Gasteiger partial charge in [-0.15, -0.1) is 0 Å². The Labute approximate surface area is 121 Å². The van der Waals surface area contributed by atoms with E-state index in [1.54, 1.807) is 13.8 Å². The van der Waals surface area contributed by atoms with Crippen molar-refractivity contribution >= 4 is 0 Å². The molecule has 0 amide bonds. The maximum Gasteiger partial charge on any atom is 0.401 e. The highest BCUT2D eigenvalue weighted by atomic mass is 19.4. The summed E-state index contributed by atoms with van der Waals surface area (Å²) in [5.74, 6) is 4.81. The van der Waals surface area contributed by atoms with Crippen LogP contribution < -0.4 is 5.73 Å². The Hall–Kier alpha value is -1.58. The Morgan fingerprint density at radius 3 is 2.48 bits per heavy atom. The van der Waals surface area contributed by atoms with E-state index < -0.39 is 18.5 Å². The first-order chi connectivity index (χ1) is 9.73. The molecule has 2 N–H and O–H groups in total. The van der Waals surface area contributed by atoms with Crippen LogP contribution in [0.25, 0.3) is 0 Å². The topological polar surface area (TPSA) is 29.3 Å². The summed E-state index contributed by atoms with van der Waals surface area (Å²) in [7, 11) is 0. The van der Waals surface area contributed by atoms with Crippen molar-refractivity contribution in [3.05, 3.63) is 35.1 Å². The summed E-state index contributed by atoms with van der Waals surface area (Å²) < 4.78 is 51.0. The minimum atomic E-state index is -4.28. The fraction of sp³-hybridized carbons (Fsp3) is 0.467. The zero-order chi connectivity index (χ0) is 16.0. The van der Waals surface area contributed by atoms with E-state index in [2.05, 4.69) is 11.8 Å². The van der Waals surface area contributed by atoms with E-state index >= 15 is 0 Å². The molecule has 0 fully saturated rings. The summed E-state index contributed by atoms with van der Waals surface area (Å²) in [6.07, 6.45) is -4.28. The molecule has 0 aliphatic carbocycles. The van der Waals surface area contributed by atoms with Gasteiger partial charge in [-0.3, -0.25) is 4.90 Å². The quantitative estimate of drug-likeness (QED) is 0.684. The van der Waals surface area contributed by atoms with Crippen LogP contribution in [-0.2, 0) is 6.54 Å². The highest BCUT2D eigenvalue weighted by Crippen LogP contribution is 2.21. The standard InChI is InChI=1S/C15H18F4N2/c1-11(2)21(10-15(17,18)19)9-13-5-6-14(16)8-12(13)4-3-7-20/h5-6,8,11H,7,9-10,20H2,1-2H3. The van der Waals surface area contributed by atoms with Gasteiger partial charge in [0, 0.05) is 18.2 Å². The number of benzene rings is 1. The first kappa shape index (κ1) is 17.5. The lowest BCUT2D eigenvalue weighted by molar-refractivity contribution is -0.150. The lowest BCUT2D eigenvalue weighted by atomic mass is 10.1. The van der Waals surface area contributed by atoms with Crippen LogP contribution in [-0.4, -0.2) is 30.2 Å². The number of rotatable bonds is 4. The Morgan fingerprint density at radius 1 is 1.29 bits per heavy atom. The highest BCUT2D eigenvalue weighted by molar-refractivity contribution is 5.42. The van der Waals surface area contributed by atoms with Crippen LogP contribution in [0, 0.1) is 17.7 Å². The summed E-state index contributed by atoms with van der Waals surface area (Å²) in [4.78, 5) is 1.26. The molecule has 0 aliphatic heterocycles. The smallest absolute Gasteiger partial charge is 0.320 e. The van der Waals surface area contributed by atoms with Crippen LogP contribution in [0.4, 0.5) is 17.6 Å². The predicted molar refractivity (Wildman–Crippen MR) is 73.9 cm³/mol. The van der Waals surface area contributed by atoms with Crippen LogP contribution in [0.3, 0.4) is 0 Å². The largest absolute Gasteiger partial charge is 0.401 e. The first-order valence-corrected chi connectivity index (χ1v) is 6.51. The zero-order valence-electron chi connectivity index (χ0n) is 12.0. The first-order valence-electron chi connectivity index (χ1n) is 6.51. The molecule has 0 saturated heterocycles. The Morgan fingerprint density at radius 2 is 1.95 bits per heavy atom. The molecule has 21 heavy (non-hydrogen) atoms. The van der Waals surface area contributed by atoms with E-state index in [1.165, 1.54) is 23.1 Å². The highest BCUT2D eigenvalue weighted by Gasteiger charge is 2.31. The molecule has 0 radical (unpaired) electrons. The number of hydrogen-bond donors (Lipinski definition) is 1. The normalized spacial score (nSPS) is 11.7. The number of nitrogens with two attached hydrogens (primary N) is 1. The molecule has 1 aromatic rings. The predicted octanol–water partition coefficient (Wildman–Crippen LogP) is 2.91. The maximum atomic E-state index is 13.2. The summed E-state index contributed by atoms with van der Waals surface area (Å²) >= 11 is 0. The van der Waals surface area contributed by atoms with Gasteiger partial charge in [-0.2, -0.15) is 13.2 Å². The number of alkyl halides is 3. The zero-order valence-corrected chi connectivity index (χ0v) is 12.0. The Kier molecular flexibility index (Phi) is 6.19. The molecule has 0 aliphatic rings. The lowest BCUT2D eigenvalue weighted by Crippen LogP contribution is -2.38. The second kappa shape index (κ2) is 7.43. The maximum absolute atomic E-state index is 13.2. The van der Waals surface area contributed by atoms with Crippen molar-refractivity contribution < 1.29 is 17.6 Å². The van der Waals surface area contributed by atoms with Gasteiger partial charge in [0.1, 0.15) is 5.82 Å². The van der Waals surface area contributed by atoms with Crippen LogP contribution in [0.5, 0.6) is 0 Å². The Balaban J connectivity index is 3.03. The third-order valence-corrected chi connectivity index (χ3v) is 2.88. The average molecular weight is 302 g/mol. The second-order valence-corrected chi connectivity index (χ2v) is 4.92. The fourth-order valence-corrected chi connectivity index (χ4v) is 1.82. The van der Waals surface area contributed by atoms with E-state index in [0.29, 0.717) is 11.1 Å². The SMILES string of the molecule is CC(C)N(Cc1ccc(F)cc1C#CCN)CC(F)(F)F. The molecule has 0 spiro atoms. The Bertz CT molecular complexity index is 527. The van der Waals surface area contributed by atoms with Gasteiger partial charge in [-0.1, -0.05) is 17.9 Å². The molecule has 1 aromatic carbocycles. The number of halogens is 4. The van der Waals surface area contributed by atoms with Crippen molar-refractivity contribution in [3.8, 4) is 11.8 Å². The summed E-state index contributed by atoms with van der Waals surface area (Å²) in [6, 6.07) is 3.59. The van der Waals surface area contributed by atoms with Crippen LogP contribution in [0.1, 0.15) is 25.0 Å². The van der Waals surface area contributed by atoms with Gasteiger partial charge in [0.05, 0.1) is 13.1 Å². The molecular formula is C15H18F4N2. The molecule has 2 nitrogen and oxygen atoms in total. The van der Waals surface area contributed by atoms with E-state index in [9.17, 15) is 17.6 Å². The number of nitrogens with zero attached hydrogens (tertiary/aromatic N) is 1. The van der Waals surface area contributed by atoms with Gasteiger partial charge < -0.3 is 5.73 Å². The summed E-state index contributed by atoms with van der Waals surface area (Å²) in [5, 5.41) is 0. The molecule has 1 rings (SSSR count). The van der Waals surface area contributed by atoms with Gasteiger partial charge >= 0.3 is 6.18 Å². The lowest BCUT2D eigenvalue weighted by Gasteiger charge is -2.27. The van der Waals surface area contributed by atoms with E-state index in [-0.39, 0.29) is 19.1 Å².